The zero-order valence-corrected chi connectivity index (χ0v) is 16.6. The predicted octanol–water partition coefficient (Wildman–Crippen LogP) is 4.99. The largest absolute Gasteiger partial charge is 0.495 e. The molecule has 1 heterocycles. The second-order valence-corrected chi connectivity index (χ2v) is 6.75. The summed E-state index contributed by atoms with van der Waals surface area (Å²) in [6.45, 7) is 0. The molecule has 8 heteroatoms. The van der Waals surface area contributed by atoms with E-state index in [4.69, 9.17) is 16.3 Å². The zero-order chi connectivity index (χ0) is 21.1. The SMILES string of the molecule is COc1ccccc1NC(=O)c1nc(-c2cccc(Cl)c2)n(-c2ccc(F)cc2)n1. The summed E-state index contributed by atoms with van der Waals surface area (Å²) in [5.74, 6) is -0.0330. The Kier molecular flexibility index (Phi) is 5.45. The molecule has 0 aliphatic carbocycles. The van der Waals surface area contributed by atoms with Crippen LogP contribution in [-0.4, -0.2) is 27.8 Å². The third kappa shape index (κ3) is 4.01. The zero-order valence-electron chi connectivity index (χ0n) is 15.8. The van der Waals surface area contributed by atoms with Crippen molar-refractivity contribution in [3.8, 4) is 22.8 Å². The van der Waals surface area contributed by atoms with Gasteiger partial charge in [-0.2, -0.15) is 0 Å². The number of nitrogens with zero attached hydrogens (tertiary/aromatic N) is 3. The fourth-order valence-corrected chi connectivity index (χ4v) is 3.10. The Labute approximate surface area is 176 Å². The Bertz CT molecular complexity index is 1210. The number of rotatable bonds is 5. The molecule has 150 valence electrons. The summed E-state index contributed by atoms with van der Waals surface area (Å²) >= 11 is 6.12. The molecule has 0 aliphatic rings. The van der Waals surface area contributed by atoms with Crippen LogP contribution in [0, 0.1) is 5.82 Å². The number of carbonyl (C=O) groups is 1. The average Bonchev–Trinajstić information content (AvgIpc) is 3.20. The number of aromatic nitrogens is 3. The van der Waals surface area contributed by atoms with Crippen molar-refractivity contribution in [2.24, 2.45) is 0 Å². The molecule has 0 saturated carbocycles. The highest BCUT2D eigenvalue weighted by molar-refractivity contribution is 6.30. The summed E-state index contributed by atoms with van der Waals surface area (Å²) in [6.07, 6.45) is 0. The molecule has 1 aromatic heterocycles. The number of benzene rings is 3. The maximum Gasteiger partial charge on any atom is 0.295 e. The number of para-hydroxylation sites is 2. The molecule has 0 unspecified atom stereocenters. The van der Waals surface area contributed by atoms with Gasteiger partial charge in [0.1, 0.15) is 11.6 Å². The third-order valence-electron chi connectivity index (χ3n) is 4.32. The summed E-state index contributed by atoms with van der Waals surface area (Å²) in [5.41, 5.74) is 1.71. The van der Waals surface area contributed by atoms with Crippen LogP contribution in [0.25, 0.3) is 17.1 Å². The molecular weight excluding hydrogens is 407 g/mol. The predicted molar refractivity (Wildman–Crippen MR) is 113 cm³/mol. The highest BCUT2D eigenvalue weighted by Gasteiger charge is 2.20. The van der Waals surface area contributed by atoms with Crippen molar-refractivity contribution in [1.82, 2.24) is 14.8 Å². The minimum Gasteiger partial charge on any atom is -0.495 e. The molecule has 0 atom stereocenters. The van der Waals surface area contributed by atoms with Gasteiger partial charge >= 0.3 is 0 Å². The Hall–Kier alpha value is -3.71. The number of methoxy groups -OCH3 is 1. The van der Waals surface area contributed by atoms with Crippen LogP contribution in [0.15, 0.2) is 72.8 Å². The van der Waals surface area contributed by atoms with Gasteiger partial charge in [0, 0.05) is 10.6 Å². The van der Waals surface area contributed by atoms with Crippen LogP contribution in [0.4, 0.5) is 10.1 Å². The fraction of sp³-hybridized carbons (Fsp3) is 0.0455. The van der Waals surface area contributed by atoms with Crippen molar-refractivity contribution in [2.75, 3.05) is 12.4 Å². The lowest BCUT2D eigenvalue weighted by Crippen LogP contribution is -2.15. The summed E-state index contributed by atoms with van der Waals surface area (Å²) in [5, 5.41) is 7.62. The molecule has 0 bridgehead atoms. The van der Waals surface area contributed by atoms with Gasteiger partial charge in [0.2, 0.25) is 5.82 Å². The van der Waals surface area contributed by atoms with Crippen LogP contribution in [-0.2, 0) is 0 Å². The quantitative estimate of drug-likeness (QED) is 0.492. The molecule has 4 rings (SSSR count). The summed E-state index contributed by atoms with van der Waals surface area (Å²) in [4.78, 5) is 17.3. The summed E-state index contributed by atoms with van der Waals surface area (Å²) in [6, 6.07) is 19.8. The molecule has 0 saturated heterocycles. The molecular formula is C22H16ClFN4O2. The highest BCUT2D eigenvalue weighted by atomic mass is 35.5. The second kappa shape index (κ2) is 8.34. The van der Waals surface area contributed by atoms with E-state index in [2.05, 4.69) is 15.4 Å². The minimum absolute atomic E-state index is 0.0554. The lowest BCUT2D eigenvalue weighted by molar-refractivity contribution is 0.101. The Morgan fingerprint density at radius 1 is 1.07 bits per heavy atom. The van der Waals surface area contributed by atoms with Gasteiger partial charge in [-0.15, -0.1) is 5.10 Å². The normalized spacial score (nSPS) is 10.6. The van der Waals surface area contributed by atoms with Gasteiger partial charge in [0.15, 0.2) is 5.82 Å². The molecule has 30 heavy (non-hydrogen) atoms. The highest BCUT2D eigenvalue weighted by Crippen LogP contribution is 2.26. The van der Waals surface area contributed by atoms with Crippen LogP contribution in [0.5, 0.6) is 5.75 Å². The maximum absolute atomic E-state index is 13.4. The lowest BCUT2D eigenvalue weighted by atomic mass is 10.2. The van der Waals surface area contributed by atoms with Crippen molar-refractivity contribution in [2.45, 2.75) is 0 Å². The number of nitrogens with one attached hydrogen (secondary N) is 1. The van der Waals surface area contributed by atoms with Crippen molar-refractivity contribution >= 4 is 23.2 Å². The van der Waals surface area contributed by atoms with Gasteiger partial charge in [0.05, 0.1) is 18.5 Å². The maximum atomic E-state index is 13.4. The van der Waals surface area contributed by atoms with E-state index in [0.717, 1.165) is 0 Å². The minimum atomic E-state index is -0.511. The first-order valence-electron chi connectivity index (χ1n) is 8.98. The van der Waals surface area contributed by atoms with E-state index in [9.17, 15) is 9.18 Å². The topological polar surface area (TPSA) is 69.0 Å². The van der Waals surface area contributed by atoms with Crippen LogP contribution in [0.1, 0.15) is 10.6 Å². The molecule has 3 aromatic carbocycles. The first kappa shape index (κ1) is 19.6. The Balaban J connectivity index is 1.76. The number of ether oxygens (including phenoxy) is 1. The van der Waals surface area contributed by atoms with Gasteiger partial charge in [0.25, 0.3) is 5.91 Å². The van der Waals surface area contributed by atoms with Crippen molar-refractivity contribution in [1.29, 1.82) is 0 Å². The van der Waals surface area contributed by atoms with Gasteiger partial charge in [-0.05, 0) is 48.5 Å². The number of amides is 1. The summed E-state index contributed by atoms with van der Waals surface area (Å²) < 4.78 is 20.1. The lowest BCUT2D eigenvalue weighted by Gasteiger charge is -2.08. The van der Waals surface area contributed by atoms with Crippen LogP contribution < -0.4 is 10.1 Å². The first-order valence-corrected chi connectivity index (χ1v) is 9.36. The van der Waals surface area contributed by atoms with Crippen molar-refractivity contribution < 1.29 is 13.9 Å². The molecule has 0 spiro atoms. The van der Waals surface area contributed by atoms with E-state index >= 15 is 0 Å². The van der Waals surface area contributed by atoms with E-state index in [0.29, 0.717) is 33.5 Å². The molecule has 4 aromatic rings. The summed E-state index contributed by atoms with van der Waals surface area (Å²) in [7, 11) is 1.52. The third-order valence-corrected chi connectivity index (χ3v) is 4.55. The van der Waals surface area contributed by atoms with Crippen molar-refractivity contribution in [3.63, 3.8) is 0 Å². The van der Waals surface area contributed by atoms with Gasteiger partial charge in [-0.1, -0.05) is 35.9 Å². The molecule has 1 amide bonds. The van der Waals surface area contributed by atoms with E-state index in [1.165, 1.54) is 23.9 Å². The Morgan fingerprint density at radius 3 is 2.57 bits per heavy atom. The number of carbonyl (C=O) groups excluding carboxylic acids is 1. The monoisotopic (exact) mass is 422 g/mol. The van der Waals surface area contributed by atoms with Crippen LogP contribution in [0.3, 0.4) is 0 Å². The van der Waals surface area contributed by atoms with E-state index in [1.807, 2.05) is 0 Å². The Morgan fingerprint density at radius 2 is 1.83 bits per heavy atom. The molecule has 0 aliphatic heterocycles. The van der Waals surface area contributed by atoms with Gasteiger partial charge in [-0.3, -0.25) is 4.79 Å². The fourth-order valence-electron chi connectivity index (χ4n) is 2.91. The number of halogens is 2. The van der Waals surface area contributed by atoms with E-state index in [-0.39, 0.29) is 11.6 Å². The number of hydrogen-bond acceptors (Lipinski definition) is 4. The molecule has 1 N–H and O–H groups in total. The standard InChI is InChI=1S/C22H16ClFN4O2/c1-30-19-8-3-2-7-18(19)25-22(29)20-26-21(14-5-4-6-15(23)13-14)28(27-20)17-11-9-16(24)10-12-17/h2-13H,1H3,(H,25,29). The average molecular weight is 423 g/mol. The van der Waals surface area contributed by atoms with Crippen LogP contribution in [0.2, 0.25) is 5.02 Å². The first-order chi connectivity index (χ1) is 14.5. The molecule has 6 nitrogen and oxygen atoms in total. The van der Waals surface area contributed by atoms with Gasteiger partial charge < -0.3 is 10.1 Å². The van der Waals surface area contributed by atoms with Gasteiger partial charge in [-0.25, -0.2) is 14.1 Å². The second-order valence-electron chi connectivity index (χ2n) is 6.31. The van der Waals surface area contributed by atoms with Crippen LogP contribution >= 0.6 is 11.6 Å². The number of hydrogen-bond donors (Lipinski definition) is 1. The van der Waals surface area contributed by atoms with E-state index < -0.39 is 5.91 Å². The van der Waals surface area contributed by atoms with Crippen molar-refractivity contribution in [3.05, 3.63) is 89.5 Å². The molecule has 0 radical (unpaired) electrons. The van der Waals surface area contributed by atoms with E-state index in [1.54, 1.807) is 60.7 Å². The number of anilines is 1. The molecule has 0 fully saturated rings. The smallest absolute Gasteiger partial charge is 0.295 e.